The van der Waals surface area contributed by atoms with Crippen molar-refractivity contribution in [3.8, 4) is 68.6 Å². The first-order valence-corrected chi connectivity index (χ1v) is 40.8. The molecular formula is C84H100ClN13O24. The molecule has 7 heterocycles. The zero-order chi connectivity index (χ0) is 86.8. The van der Waals surface area contributed by atoms with E-state index in [4.69, 9.17) is 44.8 Å². The van der Waals surface area contributed by atoms with Crippen molar-refractivity contribution in [1.29, 1.82) is 0 Å². The van der Waals surface area contributed by atoms with Crippen LogP contribution in [0.1, 0.15) is 123 Å². The minimum absolute atomic E-state index is 0.00775. The molecule has 37 nitrogen and oxygen atoms in total. The molecule has 122 heavy (non-hydrogen) atoms. The van der Waals surface area contributed by atoms with Crippen LogP contribution in [0.3, 0.4) is 0 Å². The standard InChI is InChI=1S/C84H100ClN13O24/c1-35(2)19-51(88-6)75(107)97-67-69(103)40-8-12-55(36(3)20-40)118-58-28-44-29-59(73(58)121-82-72(106)71(105)74-60(120-82)34-89-84(115)122-74)119-56-13-9-41(27-49(56)85)70(104)68-81(113)96-66(79(111)93-63-42-22-37-21-38(24-42)25-43(63)23-37)48-30-45(99)31-54(101)62(48)47-26-39(7-11-53(47)100)64(77(109)98-68)95-78(110)65(44)94-76(108)52(90-80(67)112)33-61(102)92-83(114)91-50-32-46(116-17-15-86-4)10-14-57(50)117-18-16-87-5/h7-14,20,26-32,35,37-38,42-43,51-52,60,63-72,74,82,84,86-89,99-101,103-106,115H,15-19,21-25,33-34H2,1-6H3,(H,90,112)(H,93,111)(H,94,108)(H,95,110)(H,96,113)(H,97,107)(H,98,109)(H2,91,92,102,114)/t37?,38?,42?,43?,51-,52+,60-,63?,64-,65-,66+,67-,68+,69-,70-,71-,72-,74-,82+,84?/m1/s1. The molecule has 11 aliphatic rings. The Bertz CT molecular complexity index is 4970. The Hall–Kier alpha value is -11.2. The second kappa shape index (κ2) is 37.2. The summed E-state index contributed by atoms with van der Waals surface area (Å²) in [6, 6.07) is 4.19. The van der Waals surface area contributed by atoms with Gasteiger partial charge in [0.1, 0.15) is 126 Å². The molecular weight excluding hydrogens is 1610 g/mol. The number of phenolic OH excluding ortho intramolecular Hbond substituents is 3. The lowest BCUT2D eigenvalue weighted by atomic mass is 9.54. The predicted octanol–water partition coefficient (Wildman–Crippen LogP) is 2.35. The van der Waals surface area contributed by atoms with Crippen molar-refractivity contribution in [2.45, 2.75) is 163 Å². The van der Waals surface area contributed by atoms with Gasteiger partial charge in [0, 0.05) is 48.9 Å². The summed E-state index contributed by atoms with van der Waals surface area (Å²) in [4.78, 5) is 139. The summed E-state index contributed by atoms with van der Waals surface area (Å²) >= 11 is 7.24. The van der Waals surface area contributed by atoms with E-state index < -0.39 is 191 Å². The van der Waals surface area contributed by atoms with Gasteiger partial charge in [0.15, 0.2) is 11.5 Å². The Balaban J connectivity index is 0.937. The van der Waals surface area contributed by atoms with Crippen LogP contribution in [0.4, 0.5) is 10.5 Å². The molecule has 6 aromatic carbocycles. The molecule has 1 unspecified atom stereocenters. The van der Waals surface area contributed by atoms with E-state index in [1.165, 1.54) is 56.4 Å². The quantitative estimate of drug-likeness (QED) is 0.0488. The lowest BCUT2D eigenvalue weighted by molar-refractivity contribution is -0.322. The first-order chi connectivity index (χ1) is 58.4. The van der Waals surface area contributed by atoms with E-state index in [-0.39, 0.29) is 123 Å². The van der Waals surface area contributed by atoms with Gasteiger partial charge >= 0.3 is 6.03 Å². The smallest absolute Gasteiger partial charge is 0.325 e. The lowest BCUT2D eigenvalue weighted by Crippen LogP contribution is -2.66. The molecule has 10 amide bonds. The second-order valence-electron chi connectivity index (χ2n) is 32.4. The number of hydrogen-bond donors (Lipinski definition) is 21. The Kier molecular flexibility index (Phi) is 26.6. The van der Waals surface area contributed by atoms with Crippen molar-refractivity contribution in [3.63, 3.8) is 0 Å². The second-order valence-corrected chi connectivity index (χ2v) is 32.8. The van der Waals surface area contributed by atoms with Crippen molar-refractivity contribution in [3.05, 3.63) is 135 Å². The van der Waals surface area contributed by atoms with Crippen LogP contribution in [-0.4, -0.2) is 215 Å². The number of aryl methyl sites for hydroxylation is 1. The number of rotatable bonds is 20. The fourth-order valence-corrected chi connectivity index (χ4v) is 17.8. The molecule has 2 saturated heterocycles. The molecule has 652 valence electrons. The fourth-order valence-electron chi connectivity index (χ4n) is 17.6. The summed E-state index contributed by atoms with van der Waals surface area (Å²) in [6.07, 6.45) is -10.7. The third-order valence-electron chi connectivity index (χ3n) is 23.4. The van der Waals surface area contributed by atoms with Gasteiger partial charge in [-0.05, 0) is 196 Å². The molecule has 15 atom stereocenters. The number of imide groups is 1. The zero-order valence-corrected chi connectivity index (χ0v) is 68.1. The number of carbonyl (C=O) groups excluding carboxylic acids is 9. The highest BCUT2D eigenvalue weighted by atomic mass is 35.5. The van der Waals surface area contributed by atoms with E-state index in [9.17, 15) is 55.2 Å². The minimum Gasteiger partial charge on any atom is -0.508 e. The molecule has 17 rings (SSSR count). The number of ether oxygens (including phenoxy) is 7. The zero-order valence-electron chi connectivity index (χ0n) is 67.3. The van der Waals surface area contributed by atoms with E-state index >= 15 is 28.8 Å². The van der Waals surface area contributed by atoms with Gasteiger partial charge in [0.05, 0.1) is 23.2 Å². The van der Waals surface area contributed by atoms with E-state index in [1.807, 2.05) is 13.8 Å². The summed E-state index contributed by atoms with van der Waals surface area (Å²) in [6.45, 7) is 6.12. The van der Waals surface area contributed by atoms with Crippen molar-refractivity contribution < 1.29 is 117 Å². The third-order valence-corrected chi connectivity index (χ3v) is 23.7. The number of nitrogens with one attached hydrogen (secondary N) is 13. The SMILES string of the molecule is CNCCOc1ccc(OCCNC)c(NC(=O)NC(=O)C[C@@H]2NC(=O)[C@H](NC(=O)[C@@H](CC(C)C)NC)[C@H](O)c3ccc(c(C)c3)Oc3cc4cc(c3O[C@@H]3O[C@@H]5CNC(O)O[C@H]5[C@H](O)[C@H]3O)Oc3ccc(cc3Cl)[C@@H](O)[C@@H]3NC(=O)[C@H](NC(=O)[C@@H]4NC2=O)c2ccc(O)c(c2)-c2c(O)cc(O)cc2[C@@H](C(=O)NC2C4CC5CC(C4)CC2C5)NC3=O)c1. The Labute approximate surface area is 704 Å². The van der Waals surface area contributed by atoms with Crippen LogP contribution in [-0.2, 0) is 47.8 Å². The highest BCUT2D eigenvalue weighted by Gasteiger charge is 2.52. The van der Waals surface area contributed by atoms with Crippen LogP contribution in [0.25, 0.3) is 11.1 Å². The normalized spacial score (nSPS) is 28.1. The molecule has 21 N–H and O–H groups in total. The van der Waals surface area contributed by atoms with Crippen LogP contribution in [0.5, 0.6) is 57.5 Å². The number of aromatic hydroxyl groups is 3. The largest absolute Gasteiger partial charge is 0.508 e. The van der Waals surface area contributed by atoms with Crippen molar-refractivity contribution in [2.75, 3.05) is 59.3 Å². The van der Waals surface area contributed by atoms with Crippen LogP contribution in [0, 0.1) is 36.5 Å². The Morgan fingerprint density at radius 3 is 1.96 bits per heavy atom. The molecule has 38 heteroatoms. The summed E-state index contributed by atoms with van der Waals surface area (Å²) in [5.74, 6) is -12.4. The highest BCUT2D eigenvalue weighted by molar-refractivity contribution is 6.32. The number of anilines is 1. The molecule has 4 saturated carbocycles. The number of aliphatic hydroxyl groups excluding tert-OH is 5. The Morgan fingerprint density at radius 1 is 0.623 bits per heavy atom. The maximum atomic E-state index is 16.6. The van der Waals surface area contributed by atoms with Crippen LogP contribution in [0.15, 0.2) is 97.1 Å². The number of urea groups is 1. The summed E-state index contributed by atoms with van der Waals surface area (Å²) in [5, 5.41) is 130. The van der Waals surface area contributed by atoms with Gasteiger partial charge < -0.3 is 132 Å². The van der Waals surface area contributed by atoms with Gasteiger partial charge in [0.25, 0.3) is 0 Å². The van der Waals surface area contributed by atoms with Gasteiger partial charge in [-0.1, -0.05) is 43.6 Å². The maximum Gasteiger partial charge on any atom is 0.325 e. The summed E-state index contributed by atoms with van der Waals surface area (Å²) < 4.78 is 43.8. The predicted molar refractivity (Wildman–Crippen MR) is 433 cm³/mol. The average Bonchev–Trinajstić information content (AvgIpc) is 0.757. The van der Waals surface area contributed by atoms with E-state index in [1.54, 1.807) is 20.2 Å². The Morgan fingerprint density at radius 2 is 1.28 bits per heavy atom. The van der Waals surface area contributed by atoms with Crippen LogP contribution >= 0.6 is 11.6 Å². The third kappa shape index (κ3) is 19.0. The van der Waals surface area contributed by atoms with Gasteiger partial charge in [-0.25, -0.2) is 4.79 Å². The average molecular weight is 1710 g/mol. The topological polar surface area (TPSA) is 536 Å². The molecule has 0 aromatic heterocycles. The van der Waals surface area contributed by atoms with Gasteiger partial charge in [-0.3, -0.25) is 49.0 Å². The number of halogens is 1. The van der Waals surface area contributed by atoms with Crippen LogP contribution < -0.4 is 92.8 Å². The van der Waals surface area contributed by atoms with Gasteiger partial charge in [-0.15, -0.1) is 0 Å². The summed E-state index contributed by atoms with van der Waals surface area (Å²) in [5.41, 5.74) is -1.76. The van der Waals surface area contributed by atoms with Gasteiger partial charge in [0.2, 0.25) is 65.7 Å². The lowest BCUT2D eigenvalue weighted by Gasteiger charge is -2.54. The van der Waals surface area contributed by atoms with E-state index in [2.05, 4.69) is 69.1 Å². The number of phenols is 3. The maximum absolute atomic E-state index is 16.6. The van der Waals surface area contributed by atoms with Gasteiger partial charge in [-0.2, -0.15) is 0 Å². The highest BCUT2D eigenvalue weighted by Crippen LogP contribution is 2.55. The molecule has 6 fully saturated rings. The summed E-state index contributed by atoms with van der Waals surface area (Å²) in [7, 11) is 4.91. The number of fused-ring (bicyclic) bond motifs is 16. The molecule has 4 aliphatic carbocycles. The minimum atomic E-state index is -2.36. The number of carbonyl (C=O) groups is 9. The monoisotopic (exact) mass is 1710 g/mol. The van der Waals surface area contributed by atoms with Crippen molar-refractivity contribution >= 4 is 70.6 Å². The molecule has 0 spiro atoms. The first kappa shape index (κ1) is 87.2. The molecule has 6 aromatic rings. The number of likely N-dealkylation sites (N-methyl/N-ethyl adjacent to an activating group) is 3. The molecule has 7 aliphatic heterocycles. The first-order valence-electron chi connectivity index (χ1n) is 40.4. The number of hydrogen-bond acceptors (Lipinski definition) is 28. The van der Waals surface area contributed by atoms with E-state index in [0.717, 1.165) is 80.6 Å². The van der Waals surface area contributed by atoms with E-state index in [0.29, 0.717) is 24.9 Å². The molecule has 0 radical (unpaired) electrons. The number of aliphatic hydroxyl groups is 5. The van der Waals surface area contributed by atoms with Crippen molar-refractivity contribution in [1.82, 2.24) is 63.8 Å². The molecule has 15 bridgehead atoms. The van der Waals surface area contributed by atoms with Crippen molar-refractivity contribution in [2.24, 2.45) is 29.6 Å². The number of amides is 10. The number of benzene rings is 6. The van der Waals surface area contributed by atoms with Crippen LogP contribution in [0.2, 0.25) is 5.02 Å². The fraction of sp³-hybridized carbons (Fsp3) is 0.464.